The van der Waals surface area contributed by atoms with Gasteiger partial charge in [-0.15, -0.1) is 11.3 Å². The summed E-state index contributed by atoms with van der Waals surface area (Å²) in [6.07, 6.45) is 0. The molecule has 0 fully saturated rings. The highest BCUT2D eigenvalue weighted by molar-refractivity contribution is 9.11. The van der Waals surface area contributed by atoms with Crippen molar-refractivity contribution in [3.8, 4) is 0 Å². The number of hydrogen-bond donors (Lipinski definition) is 0. The number of carbonyl (C=O) groups excluding carboxylic acids is 2. The summed E-state index contributed by atoms with van der Waals surface area (Å²) in [6.45, 7) is 0. The first-order valence-corrected chi connectivity index (χ1v) is 4.89. The van der Waals surface area contributed by atoms with Crippen LogP contribution < -0.4 is 0 Å². The maximum Gasteiger partial charge on any atom is 0.263 e. The number of carbonyl (C=O) groups is 2. The zero-order valence-electron chi connectivity index (χ0n) is 6.13. The van der Waals surface area contributed by atoms with E-state index in [1.54, 1.807) is 5.38 Å². The fourth-order valence-electron chi connectivity index (χ4n) is 1.13. The van der Waals surface area contributed by atoms with Gasteiger partial charge in [-0.1, -0.05) is 0 Å². The summed E-state index contributed by atoms with van der Waals surface area (Å²) in [7, 11) is 1.49. The van der Waals surface area contributed by atoms with Crippen LogP contribution in [0.1, 0.15) is 20.7 Å². The Morgan fingerprint density at radius 3 is 2.67 bits per heavy atom. The number of amides is 2. The fraction of sp³-hybridized carbons (Fsp3) is 0.143. The largest absolute Gasteiger partial charge is 0.277 e. The Morgan fingerprint density at radius 1 is 1.42 bits per heavy atom. The van der Waals surface area contributed by atoms with E-state index in [1.807, 2.05) is 0 Å². The Labute approximate surface area is 81.1 Å². The smallest absolute Gasteiger partial charge is 0.263 e. The first-order valence-electron chi connectivity index (χ1n) is 3.22. The molecular weight excluding hydrogens is 242 g/mol. The van der Waals surface area contributed by atoms with Crippen LogP contribution in [-0.2, 0) is 0 Å². The summed E-state index contributed by atoms with van der Waals surface area (Å²) < 4.78 is 0.736. The van der Waals surface area contributed by atoms with Gasteiger partial charge in [0.25, 0.3) is 11.8 Å². The lowest BCUT2D eigenvalue weighted by atomic mass is 10.2. The van der Waals surface area contributed by atoms with Gasteiger partial charge in [-0.3, -0.25) is 14.5 Å². The molecule has 0 aromatic carbocycles. The van der Waals surface area contributed by atoms with Crippen molar-refractivity contribution >= 4 is 39.1 Å². The first-order chi connectivity index (χ1) is 5.63. The Morgan fingerprint density at radius 2 is 2.08 bits per heavy atom. The summed E-state index contributed by atoms with van der Waals surface area (Å²) in [4.78, 5) is 23.8. The van der Waals surface area contributed by atoms with E-state index in [-0.39, 0.29) is 11.8 Å². The Bertz CT molecular complexity index is 385. The standard InChI is InChI=1S/C7H4BrNO2S/c1-9-6(10)3-2-12-5(8)4(3)7(9)11/h2H,1H3. The third kappa shape index (κ3) is 0.804. The highest BCUT2D eigenvalue weighted by Crippen LogP contribution is 2.33. The lowest BCUT2D eigenvalue weighted by Gasteiger charge is -2.03. The molecule has 0 bridgehead atoms. The van der Waals surface area contributed by atoms with E-state index in [2.05, 4.69) is 15.9 Å². The molecule has 0 radical (unpaired) electrons. The van der Waals surface area contributed by atoms with Crippen molar-refractivity contribution < 1.29 is 9.59 Å². The molecule has 62 valence electrons. The van der Waals surface area contributed by atoms with E-state index < -0.39 is 0 Å². The Kier molecular flexibility index (Phi) is 1.59. The number of rotatable bonds is 0. The molecule has 1 aromatic rings. The van der Waals surface area contributed by atoms with Crippen molar-refractivity contribution in [1.29, 1.82) is 0 Å². The SMILES string of the molecule is CN1C(=O)c2csc(Br)c2C1=O. The van der Waals surface area contributed by atoms with Gasteiger partial charge < -0.3 is 0 Å². The van der Waals surface area contributed by atoms with Gasteiger partial charge in [0.2, 0.25) is 0 Å². The molecule has 0 unspecified atom stereocenters. The van der Waals surface area contributed by atoms with Gasteiger partial charge in [-0.25, -0.2) is 0 Å². The lowest BCUT2D eigenvalue weighted by Crippen LogP contribution is -2.24. The molecule has 1 aliphatic heterocycles. The van der Waals surface area contributed by atoms with Gasteiger partial charge >= 0.3 is 0 Å². The van der Waals surface area contributed by atoms with Gasteiger partial charge in [-0.2, -0.15) is 0 Å². The molecule has 2 rings (SSSR count). The van der Waals surface area contributed by atoms with E-state index in [9.17, 15) is 9.59 Å². The zero-order valence-corrected chi connectivity index (χ0v) is 8.53. The Hall–Kier alpha value is -0.680. The lowest BCUT2D eigenvalue weighted by molar-refractivity contribution is 0.0693. The molecule has 0 spiro atoms. The molecule has 12 heavy (non-hydrogen) atoms. The van der Waals surface area contributed by atoms with Crippen molar-refractivity contribution in [2.75, 3.05) is 7.05 Å². The summed E-state index contributed by atoms with van der Waals surface area (Å²) in [5, 5.41) is 1.70. The van der Waals surface area contributed by atoms with Crippen LogP contribution in [0.2, 0.25) is 0 Å². The van der Waals surface area contributed by atoms with Crippen LogP contribution in [0.25, 0.3) is 0 Å². The number of imide groups is 1. The molecule has 1 aliphatic rings. The van der Waals surface area contributed by atoms with Crippen molar-refractivity contribution in [1.82, 2.24) is 4.90 Å². The second-order valence-corrected chi connectivity index (χ2v) is 4.66. The highest BCUT2D eigenvalue weighted by atomic mass is 79.9. The summed E-state index contributed by atoms with van der Waals surface area (Å²) in [6, 6.07) is 0. The highest BCUT2D eigenvalue weighted by Gasteiger charge is 2.35. The van der Waals surface area contributed by atoms with E-state index in [4.69, 9.17) is 0 Å². The molecule has 2 heterocycles. The predicted molar refractivity (Wildman–Crippen MR) is 48.4 cm³/mol. The fourth-order valence-corrected chi connectivity index (χ4v) is 2.55. The molecule has 0 N–H and O–H groups in total. The third-order valence-corrected chi connectivity index (χ3v) is 3.52. The van der Waals surface area contributed by atoms with Crippen LogP contribution in [0.5, 0.6) is 0 Å². The zero-order chi connectivity index (χ0) is 8.88. The van der Waals surface area contributed by atoms with Crippen molar-refractivity contribution in [3.05, 3.63) is 20.3 Å². The molecule has 0 aliphatic carbocycles. The van der Waals surface area contributed by atoms with Crippen LogP contribution in [0.15, 0.2) is 9.17 Å². The van der Waals surface area contributed by atoms with E-state index in [1.165, 1.54) is 18.4 Å². The Balaban J connectivity index is 2.69. The minimum atomic E-state index is -0.219. The van der Waals surface area contributed by atoms with Crippen LogP contribution in [0.3, 0.4) is 0 Å². The van der Waals surface area contributed by atoms with Gasteiger partial charge in [0, 0.05) is 12.4 Å². The predicted octanol–water partition coefficient (Wildman–Crippen LogP) is 1.74. The van der Waals surface area contributed by atoms with Crippen LogP contribution in [-0.4, -0.2) is 23.8 Å². The van der Waals surface area contributed by atoms with E-state index in [0.29, 0.717) is 11.1 Å². The summed E-state index contributed by atoms with van der Waals surface area (Å²) in [5.74, 6) is -0.430. The van der Waals surface area contributed by atoms with Crippen molar-refractivity contribution in [2.24, 2.45) is 0 Å². The molecule has 1 aromatic heterocycles. The average Bonchev–Trinajstić information content (AvgIpc) is 2.51. The minimum Gasteiger partial charge on any atom is -0.277 e. The minimum absolute atomic E-state index is 0.211. The molecule has 3 nitrogen and oxygen atoms in total. The molecule has 0 atom stereocenters. The number of thiophene rings is 1. The first kappa shape index (κ1) is 7.94. The average molecular weight is 246 g/mol. The number of halogens is 1. The van der Waals surface area contributed by atoms with Crippen LogP contribution >= 0.6 is 27.3 Å². The summed E-state index contributed by atoms with van der Waals surface area (Å²) >= 11 is 4.60. The van der Waals surface area contributed by atoms with Gasteiger partial charge in [0.15, 0.2) is 0 Å². The topological polar surface area (TPSA) is 37.4 Å². The molecule has 0 saturated carbocycles. The van der Waals surface area contributed by atoms with Crippen LogP contribution in [0, 0.1) is 0 Å². The second kappa shape index (κ2) is 2.40. The van der Waals surface area contributed by atoms with Gasteiger partial charge in [0.1, 0.15) is 0 Å². The second-order valence-electron chi connectivity index (χ2n) is 2.47. The maximum atomic E-state index is 11.4. The quantitative estimate of drug-likeness (QED) is 0.654. The number of fused-ring (bicyclic) bond motifs is 1. The molecular formula is C7H4BrNO2S. The number of nitrogens with zero attached hydrogens (tertiary/aromatic N) is 1. The van der Waals surface area contributed by atoms with Gasteiger partial charge in [-0.05, 0) is 15.9 Å². The molecule has 0 saturated heterocycles. The van der Waals surface area contributed by atoms with E-state index in [0.717, 1.165) is 8.69 Å². The molecule has 5 heteroatoms. The normalized spacial score (nSPS) is 15.7. The van der Waals surface area contributed by atoms with Crippen LogP contribution in [0.4, 0.5) is 0 Å². The number of hydrogen-bond acceptors (Lipinski definition) is 3. The summed E-state index contributed by atoms with van der Waals surface area (Å²) in [5.41, 5.74) is 1.02. The van der Waals surface area contributed by atoms with Gasteiger partial charge in [0.05, 0.1) is 14.9 Å². The third-order valence-electron chi connectivity index (χ3n) is 1.80. The van der Waals surface area contributed by atoms with E-state index >= 15 is 0 Å². The van der Waals surface area contributed by atoms with Crippen molar-refractivity contribution in [2.45, 2.75) is 0 Å². The van der Waals surface area contributed by atoms with Crippen molar-refractivity contribution in [3.63, 3.8) is 0 Å². The monoisotopic (exact) mass is 245 g/mol. The molecule has 2 amide bonds. The maximum absolute atomic E-state index is 11.4.